The summed E-state index contributed by atoms with van der Waals surface area (Å²) in [7, 11) is 0. The fraction of sp³-hybridized carbons (Fsp3) is 0.720. The van der Waals surface area contributed by atoms with E-state index < -0.39 is 36.4 Å². The predicted molar refractivity (Wildman–Crippen MR) is 141 cm³/mol. The smallest absolute Gasteiger partial charge is 0.289 e. The van der Waals surface area contributed by atoms with Crippen LogP contribution in [0.25, 0.3) is 11.2 Å². The Morgan fingerprint density at radius 2 is 1.82 bits per heavy atom. The van der Waals surface area contributed by atoms with E-state index in [1.54, 1.807) is 6.92 Å². The van der Waals surface area contributed by atoms with E-state index >= 15 is 0 Å². The third-order valence-electron chi connectivity index (χ3n) is 7.24. The van der Waals surface area contributed by atoms with E-state index in [2.05, 4.69) is 49.6 Å². The predicted octanol–water partition coefficient (Wildman–Crippen LogP) is 0.398. The van der Waals surface area contributed by atoms with E-state index in [4.69, 9.17) is 4.74 Å². The summed E-state index contributed by atoms with van der Waals surface area (Å²) in [5, 5.41) is 30.1. The molecule has 0 spiro atoms. The lowest BCUT2D eigenvalue weighted by Crippen LogP contribution is -2.42. The number of ether oxygens (including phenoxy) is 1. The quantitative estimate of drug-likeness (QED) is 0.273. The molecule has 2 aromatic heterocycles. The highest BCUT2D eigenvalue weighted by Crippen LogP contribution is 2.33. The number of hydrogen-bond acceptors (Lipinski definition) is 10. The molecule has 4 heterocycles. The minimum Gasteiger partial charge on any atom is -0.387 e. The van der Waals surface area contributed by atoms with E-state index in [1.807, 2.05) is 0 Å². The number of carbonyl (C=O) groups excluding carboxylic acids is 2. The largest absolute Gasteiger partial charge is 0.387 e. The van der Waals surface area contributed by atoms with Crippen LogP contribution in [0, 0.1) is 0 Å². The summed E-state index contributed by atoms with van der Waals surface area (Å²) in [4.78, 5) is 41.2. The molecule has 5 N–H and O–H groups in total. The van der Waals surface area contributed by atoms with Gasteiger partial charge in [-0.25, -0.2) is 15.0 Å². The second-order valence-electron chi connectivity index (χ2n) is 9.86. The van der Waals surface area contributed by atoms with E-state index in [1.165, 1.54) is 30.2 Å². The first-order valence-electron chi connectivity index (χ1n) is 13.7. The van der Waals surface area contributed by atoms with Gasteiger partial charge in [-0.3, -0.25) is 14.2 Å². The lowest BCUT2D eigenvalue weighted by Gasteiger charge is -2.26. The Kier molecular flexibility index (Phi) is 9.47. The third kappa shape index (κ3) is 6.06. The second-order valence-corrected chi connectivity index (χ2v) is 9.86. The first-order chi connectivity index (χ1) is 18.4. The number of amides is 2. The number of nitrogens with one attached hydrogen (secondary N) is 3. The molecule has 2 aliphatic heterocycles. The van der Waals surface area contributed by atoms with Gasteiger partial charge in [0, 0.05) is 25.7 Å². The van der Waals surface area contributed by atoms with Crippen molar-refractivity contribution in [3.8, 4) is 0 Å². The number of aromatic nitrogens is 4. The van der Waals surface area contributed by atoms with Gasteiger partial charge in [0.05, 0.1) is 6.33 Å². The van der Waals surface area contributed by atoms with Gasteiger partial charge < -0.3 is 35.8 Å². The zero-order chi connectivity index (χ0) is 27.2. The highest BCUT2D eigenvalue weighted by Gasteiger charge is 2.47. The number of carbonyl (C=O) groups is 2. The molecule has 2 fully saturated rings. The molecule has 0 aliphatic carbocycles. The number of hydrogen-bond donors (Lipinski definition) is 5. The number of nitrogens with zero attached hydrogens (tertiary/aromatic N) is 5. The van der Waals surface area contributed by atoms with Crippen LogP contribution in [0.5, 0.6) is 0 Å². The number of rotatable bonds is 11. The second kappa shape index (κ2) is 12.8. The van der Waals surface area contributed by atoms with Crippen LogP contribution in [0.3, 0.4) is 0 Å². The van der Waals surface area contributed by atoms with Gasteiger partial charge in [-0.1, -0.05) is 20.3 Å². The van der Waals surface area contributed by atoms with Crippen LogP contribution in [0.15, 0.2) is 6.33 Å². The summed E-state index contributed by atoms with van der Waals surface area (Å²) >= 11 is 0. The third-order valence-corrected chi connectivity index (χ3v) is 7.24. The van der Waals surface area contributed by atoms with Crippen molar-refractivity contribution in [1.29, 1.82) is 0 Å². The molecular formula is C25H40N8O5. The fourth-order valence-electron chi connectivity index (χ4n) is 4.96. The molecule has 2 aromatic rings. The Hall–Kier alpha value is -2.87. The van der Waals surface area contributed by atoms with Crippen LogP contribution >= 0.6 is 0 Å². The summed E-state index contributed by atoms with van der Waals surface area (Å²) in [6.07, 6.45) is 1.45. The number of fused-ring (bicyclic) bond motifs is 1. The zero-order valence-electron chi connectivity index (χ0n) is 22.4. The fourth-order valence-corrected chi connectivity index (χ4v) is 4.96. The summed E-state index contributed by atoms with van der Waals surface area (Å²) in [6.45, 7) is 9.51. The molecule has 2 aliphatic rings. The van der Waals surface area contributed by atoms with Crippen LogP contribution in [0.2, 0.25) is 0 Å². The molecule has 13 heteroatoms. The number of aliphatic hydroxyl groups is 2. The van der Waals surface area contributed by atoms with Crippen molar-refractivity contribution in [2.75, 3.05) is 38.0 Å². The van der Waals surface area contributed by atoms with Crippen molar-refractivity contribution >= 4 is 28.8 Å². The van der Waals surface area contributed by atoms with Crippen molar-refractivity contribution in [2.24, 2.45) is 0 Å². The molecule has 2 saturated heterocycles. The topological polar surface area (TPSA) is 167 Å². The molecule has 210 valence electrons. The number of piperidine rings is 1. The molecule has 0 saturated carbocycles. The highest BCUT2D eigenvalue weighted by atomic mass is 16.6. The summed E-state index contributed by atoms with van der Waals surface area (Å²) in [6, 6.07) is 0.102. The number of likely N-dealkylation sites (N-methyl/N-ethyl adjacent to an activating group) is 1. The van der Waals surface area contributed by atoms with Gasteiger partial charge >= 0.3 is 0 Å². The Morgan fingerprint density at radius 1 is 1.08 bits per heavy atom. The average molecular weight is 533 g/mol. The molecule has 2 amide bonds. The SMILES string of the molecule is CCNC(=O)[C@H]1O[C@@H](n2cnc3c(NC(CC)CC)nc(C(=O)NCCN4CCCCC4)nc32)[C@@H](O)[C@@H]1O. The molecule has 4 rings (SSSR count). The minimum absolute atomic E-state index is 0.0420. The van der Waals surface area contributed by atoms with E-state index in [0.717, 1.165) is 32.5 Å². The van der Waals surface area contributed by atoms with Gasteiger partial charge in [-0.2, -0.15) is 0 Å². The summed E-state index contributed by atoms with van der Waals surface area (Å²) < 4.78 is 7.21. The monoisotopic (exact) mass is 532 g/mol. The number of imidazole rings is 1. The maximum absolute atomic E-state index is 13.1. The zero-order valence-corrected chi connectivity index (χ0v) is 22.4. The molecule has 0 unspecified atom stereocenters. The Balaban J connectivity index is 1.62. The number of likely N-dealkylation sites (tertiary alicyclic amines) is 1. The van der Waals surface area contributed by atoms with Gasteiger partial charge in [0.1, 0.15) is 12.2 Å². The van der Waals surface area contributed by atoms with E-state index in [-0.39, 0.29) is 17.5 Å². The van der Waals surface area contributed by atoms with Crippen LogP contribution in [-0.2, 0) is 9.53 Å². The Morgan fingerprint density at radius 3 is 2.50 bits per heavy atom. The normalized spacial score (nSPS) is 24.2. The van der Waals surface area contributed by atoms with Gasteiger partial charge in [0.2, 0.25) is 5.82 Å². The van der Waals surface area contributed by atoms with Gasteiger partial charge in [0.25, 0.3) is 11.8 Å². The lowest BCUT2D eigenvalue weighted by molar-refractivity contribution is -0.137. The highest BCUT2D eigenvalue weighted by molar-refractivity contribution is 5.94. The molecular weight excluding hydrogens is 492 g/mol. The van der Waals surface area contributed by atoms with E-state index in [0.29, 0.717) is 24.4 Å². The van der Waals surface area contributed by atoms with Crippen molar-refractivity contribution < 1.29 is 24.5 Å². The first kappa shape index (κ1) is 28.1. The van der Waals surface area contributed by atoms with Crippen LogP contribution in [-0.4, -0.2) is 104 Å². The maximum Gasteiger partial charge on any atom is 0.289 e. The lowest BCUT2D eigenvalue weighted by atomic mass is 10.1. The van der Waals surface area contributed by atoms with Crippen molar-refractivity contribution in [3.63, 3.8) is 0 Å². The van der Waals surface area contributed by atoms with Crippen molar-refractivity contribution in [1.82, 2.24) is 35.1 Å². The molecule has 0 bridgehead atoms. The van der Waals surface area contributed by atoms with Crippen LogP contribution in [0.1, 0.15) is 69.7 Å². The van der Waals surface area contributed by atoms with Crippen molar-refractivity contribution in [3.05, 3.63) is 12.2 Å². The number of anilines is 1. The Labute approximate surface area is 222 Å². The maximum atomic E-state index is 13.1. The Bertz CT molecular complexity index is 1100. The molecule has 4 atom stereocenters. The summed E-state index contributed by atoms with van der Waals surface area (Å²) in [5.74, 6) is -0.584. The number of aliphatic hydroxyl groups excluding tert-OH is 2. The molecule has 38 heavy (non-hydrogen) atoms. The van der Waals surface area contributed by atoms with Crippen LogP contribution in [0.4, 0.5) is 5.82 Å². The standard InChI is InChI=1S/C25H40N8O5/c1-4-15(5-2)29-20-16-22(31-21(30-20)24(37)27-10-13-32-11-8-7-9-12-32)33(14-28-16)25-18(35)17(34)19(38-25)23(36)26-6-3/h14-15,17-19,25,34-35H,4-13H2,1-3H3,(H,26,36)(H,27,37)(H,29,30,31)/t17-,18-,19-,25+/m0/s1. The van der Waals surface area contributed by atoms with Crippen molar-refractivity contribution in [2.45, 2.75) is 83.5 Å². The van der Waals surface area contributed by atoms with E-state index in [9.17, 15) is 19.8 Å². The average Bonchev–Trinajstić information content (AvgIpc) is 3.48. The molecule has 13 nitrogen and oxygen atoms in total. The van der Waals surface area contributed by atoms with Gasteiger partial charge in [-0.15, -0.1) is 0 Å². The first-order valence-corrected chi connectivity index (χ1v) is 13.7. The van der Waals surface area contributed by atoms with Gasteiger partial charge in [-0.05, 0) is 45.7 Å². The molecule has 0 radical (unpaired) electrons. The van der Waals surface area contributed by atoms with Gasteiger partial charge in [0.15, 0.2) is 29.3 Å². The minimum atomic E-state index is -1.44. The summed E-state index contributed by atoms with van der Waals surface area (Å²) in [5.41, 5.74) is 0.649. The van der Waals surface area contributed by atoms with Crippen LogP contribution < -0.4 is 16.0 Å². The molecule has 0 aromatic carbocycles.